The summed E-state index contributed by atoms with van der Waals surface area (Å²) in [6.45, 7) is -0.109. The molecule has 0 aliphatic carbocycles. The van der Waals surface area contributed by atoms with Crippen molar-refractivity contribution < 1.29 is 19.4 Å². The van der Waals surface area contributed by atoms with Gasteiger partial charge in [0.25, 0.3) is 0 Å². The minimum absolute atomic E-state index is 0.0388. The number of carbonyl (C=O) groups is 1. The van der Waals surface area contributed by atoms with Gasteiger partial charge in [0.2, 0.25) is 0 Å². The summed E-state index contributed by atoms with van der Waals surface area (Å²) in [5.41, 5.74) is 1.18. The van der Waals surface area contributed by atoms with Crippen molar-refractivity contribution in [2.45, 2.75) is 0 Å². The average molecular weight is 286 g/mol. The molecule has 0 atom stereocenters. The van der Waals surface area contributed by atoms with Crippen molar-refractivity contribution in [2.24, 2.45) is 10.2 Å². The van der Waals surface area contributed by atoms with Gasteiger partial charge < -0.3 is 14.6 Å². The number of ether oxygens (including phenoxy) is 2. The van der Waals surface area contributed by atoms with Gasteiger partial charge >= 0.3 is 5.97 Å². The van der Waals surface area contributed by atoms with Gasteiger partial charge in [-0.05, 0) is 30.3 Å². The summed E-state index contributed by atoms with van der Waals surface area (Å²) in [6.07, 6.45) is 0. The van der Waals surface area contributed by atoms with Crippen molar-refractivity contribution in [3.63, 3.8) is 0 Å². The number of hydrogen-bond donors (Lipinski definition) is 1. The van der Waals surface area contributed by atoms with Gasteiger partial charge in [-0.2, -0.15) is 5.11 Å². The number of phenols is 1. The molecule has 0 aliphatic heterocycles. The first-order valence-corrected chi connectivity index (χ1v) is 6.16. The molecule has 0 heterocycles. The van der Waals surface area contributed by atoms with E-state index in [1.54, 1.807) is 42.5 Å². The maximum Gasteiger partial charge on any atom is 0.340 e. The molecule has 0 fully saturated rings. The Morgan fingerprint density at radius 3 is 2.71 bits per heavy atom. The smallest absolute Gasteiger partial charge is 0.340 e. The number of benzene rings is 2. The lowest BCUT2D eigenvalue weighted by Gasteiger charge is -2.03. The Kier molecular flexibility index (Phi) is 5.00. The summed E-state index contributed by atoms with van der Waals surface area (Å²) in [4.78, 5) is 11.7. The Hall–Kier alpha value is -2.73. The number of azo groups is 1. The third kappa shape index (κ3) is 4.12. The van der Waals surface area contributed by atoms with Gasteiger partial charge in [-0.1, -0.05) is 18.2 Å². The summed E-state index contributed by atoms with van der Waals surface area (Å²) in [5, 5.41) is 17.5. The van der Waals surface area contributed by atoms with Crippen LogP contribution in [0.15, 0.2) is 58.8 Å². The van der Waals surface area contributed by atoms with Crippen molar-refractivity contribution in [3.8, 4) is 5.75 Å². The number of carbonyl (C=O) groups excluding carboxylic acids is 1. The fourth-order valence-electron chi connectivity index (χ4n) is 1.55. The van der Waals surface area contributed by atoms with E-state index in [1.165, 1.54) is 13.2 Å². The third-order valence-electron chi connectivity index (χ3n) is 2.54. The molecule has 0 radical (unpaired) electrons. The minimum atomic E-state index is -0.503. The highest BCUT2D eigenvalue weighted by Gasteiger charge is 2.07. The van der Waals surface area contributed by atoms with Crippen LogP contribution in [-0.2, 0) is 9.47 Å². The highest BCUT2D eigenvalue weighted by molar-refractivity contribution is 5.90. The normalized spacial score (nSPS) is 10.7. The summed E-state index contributed by atoms with van der Waals surface area (Å²) >= 11 is 0. The van der Waals surface area contributed by atoms with Gasteiger partial charge in [0.15, 0.2) is 6.79 Å². The number of rotatable bonds is 5. The Balaban J connectivity index is 2.14. The molecule has 2 aromatic carbocycles. The standard InChI is InChI=1S/C15H14N2O4/c1-20-10-21-15(19)11-5-4-6-12(9-11)16-17-13-7-2-3-8-14(13)18/h2-9,18H,10H2,1H3/b17-16+. The van der Waals surface area contributed by atoms with E-state index in [2.05, 4.69) is 15.0 Å². The number of methoxy groups -OCH3 is 1. The molecule has 0 aromatic heterocycles. The van der Waals surface area contributed by atoms with Crippen LogP contribution in [0.2, 0.25) is 0 Å². The lowest BCUT2D eigenvalue weighted by atomic mass is 10.2. The number of aromatic hydroxyl groups is 1. The largest absolute Gasteiger partial charge is 0.506 e. The van der Waals surface area contributed by atoms with Crippen LogP contribution in [0.1, 0.15) is 10.4 Å². The van der Waals surface area contributed by atoms with Crippen LogP contribution in [0.3, 0.4) is 0 Å². The van der Waals surface area contributed by atoms with Crippen molar-refractivity contribution in [2.75, 3.05) is 13.9 Å². The summed E-state index contributed by atoms with van der Waals surface area (Å²) < 4.78 is 9.51. The highest BCUT2D eigenvalue weighted by Crippen LogP contribution is 2.27. The number of para-hydroxylation sites is 1. The molecule has 6 nitrogen and oxygen atoms in total. The molecular weight excluding hydrogens is 272 g/mol. The van der Waals surface area contributed by atoms with Gasteiger partial charge in [-0.25, -0.2) is 4.79 Å². The van der Waals surface area contributed by atoms with E-state index < -0.39 is 5.97 Å². The maximum atomic E-state index is 11.7. The van der Waals surface area contributed by atoms with E-state index in [9.17, 15) is 9.90 Å². The van der Waals surface area contributed by atoms with Crippen molar-refractivity contribution >= 4 is 17.3 Å². The van der Waals surface area contributed by atoms with Gasteiger partial charge in [-0.15, -0.1) is 5.11 Å². The molecule has 0 saturated heterocycles. The second-order valence-corrected chi connectivity index (χ2v) is 4.08. The molecule has 1 N–H and O–H groups in total. The van der Waals surface area contributed by atoms with Crippen LogP contribution in [0.25, 0.3) is 0 Å². The molecule has 0 unspecified atom stereocenters. The predicted octanol–water partition coefficient (Wildman–Crippen LogP) is 3.57. The van der Waals surface area contributed by atoms with Crippen LogP contribution < -0.4 is 0 Å². The summed E-state index contributed by atoms with van der Waals surface area (Å²) in [6, 6.07) is 13.1. The Bertz CT molecular complexity index is 656. The van der Waals surface area contributed by atoms with Gasteiger partial charge in [-0.3, -0.25) is 0 Å². The molecule has 2 rings (SSSR count). The van der Waals surface area contributed by atoms with Crippen molar-refractivity contribution in [1.82, 2.24) is 0 Å². The van der Waals surface area contributed by atoms with Gasteiger partial charge in [0.05, 0.1) is 11.3 Å². The summed E-state index contributed by atoms with van der Waals surface area (Å²) in [5.74, 6) is -0.464. The van der Waals surface area contributed by atoms with Crippen LogP contribution in [0, 0.1) is 0 Å². The first kappa shape index (κ1) is 14.7. The minimum Gasteiger partial charge on any atom is -0.506 e. The molecule has 0 saturated carbocycles. The zero-order valence-electron chi connectivity index (χ0n) is 11.4. The second-order valence-electron chi connectivity index (χ2n) is 4.08. The SMILES string of the molecule is COCOC(=O)c1cccc(/N=N/c2ccccc2O)c1. The average Bonchev–Trinajstić information content (AvgIpc) is 2.52. The maximum absolute atomic E-state index is 11.7. The Labute approximate surface area is 121 Å². The Morgan fingerprint density at radius 2 is 1.95 bits per heavy atom. The lowest BCUT2D eigenvalue weighted by Crippen LogP contribution is -2.06. The van der Waals surface area contributed by atoms with E-state index in [0.29, 0.717) is 16.9 Å². The monoisotopic (exact) mass is 286 g/mol. The predicted molar refractivity (Wildman–Crippen MR) is 76.0 cm³/mol. The van der Waals surface area contributed by atoms with Crippen molar-refractivity contribution in [3.05, 3.63) is 54.1 Å². The number of phenolic OH excluding ortho intramolecular Hbond substituents is 1. The number of hydrogen-bond acceptors (Lipinski definition) is 6. The van der Waals surface area contributed by atoms with Crippen LogP contribution in [0.4, 0.5) is 11.4 Å². The highest BCUT2D eigenvalue weighted by atomic mass is 16.7. The zero-order chi connectivity index (χ0) is 15.1. The molecule has 6 heteroatoms. The van der Waals surface area contributed by atoms with E-state index in [1.807, 2.05) is 0 Å². The third-order valence-corrected chi connectivity index (χ3v) is 2.54. The topological polar surface area (TPSA) is 80.5 Å². The molecule has 0 spiro atoms. The van der Waals surface area contributed by atoms with Crippen LogP contribution in [0.5, 0.6) is 5.75 Å². The van der Waals surface area contributed by atoms with E-state index in [4.69, 9.17) is 4.74 Å². The molecular formula is C15H14N2O4. The Morgan fingerprint density at radius 1 is 1.14 bits per heavy atom. The fourth-order valence-corrected chi connectivity index (χ4v) is 1.55. The van der Waals surface area contributed by atoms with Crippen molar-refractivity contribution in [1.29, 1.82) is 0 Å². The first-order valence-electron chi connectivity index (χ1n) is 6.16. The van der Waals surface area contributed by atoms with E-state index in [-0.39, 0.29) is 12.5 Å². The lowest BCUT2D eigenvalue weighted by molar-refractivity contribution is -0.0125. The molecule has 21 heavy (non-hydrogen) atoms. The number of nitrogens with zero attached hydrogens (tertiary/aromatic N) is 2. The molecule has 108 valence electrons. The number of esters is 1. The van der Waals surface area contributed by atoms with Gasteiger partial charge in [0, 0.05) is 7.11 Å². The summed E-state index contributed by atoms with van der Waals surface area (Å²) in [7, 11) is 1.43. The zero-order valence-corrected chi connectivity index (χ0v) is 11.4. The van der Waals surface area contributed by atoms with Crippen LogP contribution in [-0.4, -0.2) is 25.0 Å². The molecule has 2 aromatic rings. The van der Waals surface area contributed by atoms with Crippen LogP contribution >= 0.6 is 0 Å². The van der Waals surface area contributed by atoms with E-state index in [0.717, 1.165) is 0 Å². The molecule has 0 amide bonds. The van der Waals surface area contributed by atoms with Gasteiger partial charge in [0.1, 0.15) is 11.4 Å². The molecule has 0 bridgehead atoms. The first-order chi connectivity index (χ1) is 10.2. The fraction of sp³-hybridized carbons (Fsp3) is 0.133. The second kappa shape index (κ2) is 7.16. The molecule has 0 aliphatic rings. The van der Waals surface area contributed by atoms with E-state index >= 15 is 0 Å². The quantitative estimate of drug-likeness (QED) is 0.517.